The summed E-state index contributed by atoms with van der Waals surface area (Å²) in [5.41, 5.74) is 0. The van der Waals surface area contributed by atoms with Crippen molar-refractivity contribution < 1.29 is 4.74 Å². The predicted molar refractivity (Wildman–Crippen MR) is 46.4 cm³/mol. The second kappa shape index (κ2) is 4.73. The van der Waals surface area contributed by atoms with Crippen LogP contribution in [0.1, 0.15) is 12.8 Å². The monoisotopic (exact) mass is 156 g/mol. The van der Waals surface area contributed by atoms with Gasteiger partial charge in [0.2, 0.25) is 0 Å². The molecule has 0 aromatic carbocycles. The first-order valence-electron chi connectivity index (χ1n) is 4.37. The van der Waals surface area contributed by atoms with Crippen molar-refractivity contribution >= 4 is 0 Å². The fraction of sp³-hybridized carbons (Fsp3) is 0.889. The molecule has 0 saturated carbocycles. The van der Waals surface area contributed by atoms with Crippen LogP contribution in [0.15, 0.2) is 0 Å². The molecule has 1 aliphatic rings. The van der Waals surface area contributed by atoms with Gasteiger partial charge in [0.05, 0.1) is 0 Å². The van der Waals surface area contributed by atoms with Crippen LogP contribution in [-0.2, 0) is 4.74 Å². The smallest absolute Gasteiger partial charge is 0.0491 e. The van der Waals surface area contributed by atoms with E-state index in [1.807, 2.05) is 0 Å². The average molecular weight is 156 g/mol. The lowest BCUT2D eigenvalue weighted by molar-refractivity contribution is 0.104. The zero-order chi connectivity index (χ0) is 8.10. The minimum atomic E-state index is 0.794. The van der Waals surface area contributed by atoms with Crippen molar-refractivity contribution in [2.75, 3.05) is 33.4 Å². The maximum atomic E-state index is 5.12. The Hall–Kier alpha value is -0.0800. The lowest BCUT2D eigenvalue weighted by Crippen LogP contribution is -2.34. The molecular weight excluding hydrogens is 138 g/mol. The molecule has 1 fully saturated rings. The Bertz CT molecular complexity index is 97.7. The van der Waals surface area contributed by atoms with Gasteiger partial charge in [-0.2, -0.15) is 0 Å². The van der Waals surface area contributed by atoms with Crippen LogP contribution in [0.4, 0.5) is 0 Å². The number of piperidine rings is 1. The molecule has 0 aromatic rings. The van der Waals surface area contributed by atoms with Crippen LogP contribution in [-0.4, -0.2) is 38.3 Å². The van der Waals surface area contributed by atoms with Gasteiger partial charge in [-0.3, -0.25) is 0 Å². The Labute approximate surface area is 69.5 Å². The van der Waals surface area contributed by atoms with E-state index in [9.17, 15) is 0 Å². The number of hydrogen-bond donors (Lipinski definition) is 0. The van der Waals surface area contributed by atoms with E-state index in [1.165, 1.54) is 25.9 Å². The Kier molecular flexibility index (Phi) is 3.87. The summed E-state index contributed by atoms with van der Waals surface area (Å²) < 4.78 is 5.12. The zero-order valence-electron chi connectivity index (χ0n) is 7.38. The molecule has 1 heterocycles. The van der Waals surface area contributed by atoms with Crippen molar-refractivity contribution in [2.45, 2.75) is 12.8 Å². The van der Waals surface area contributed by atoms with Gasteiger partial charge in [0.15, 0.2) is 0 Å². The minimum absolute atomic E-state index is 0.794. The normalized spacial score (nSPS) is 22.4. The molecule has 0 N–H and O–H groups in total. The lowest BCUT2D eigenvalue weighted by Gasteiger charge is -2.30. The summed E-state index contributed by atoms with van der Waals surface area (Å²) in [7, 11) is 1.79. The van der Waals surface area contributed by atoms with Gasteiger partial charge in [-0.15, -0.1) is 0 Å². The standard InChI is InChI=1S/C9H18NO/c1-3-10-6-4-9(5-7-10)8-11-2/h9H,1,3-8H2,2H3. The molecule has 0 spiro atoms. The molecule has 0 atom stereocenters. The topological polar surface area (TPSA) is 12.5 Å². The molecule has 1 aliphatic heterocycles. The van der Waals surface area contributed by atoms with Crippen LogP contribution < -0.4 is 0 Å². The first kappa shape index (κ1) is 9.01. The third-order valence-corrected chi connectivity index (χ3v) is 2.43. The maximum Gasteiger partial charge on any atom is 0.0491 e. The highest BCUT2D eigenvalue weighted by Gasteiger charge is 2.17. The average Bonchev–Trinajstić information content (AvgIpc) is 2.07. The lowest BCUT2D eigenvalue weighted by atomic mass is 9.98. The molecule has 1 radical (unpaired) electrons. The van der Waals surface area contributed by atoms with E-state index in [2.05, 4.69) is 11.8 Å². The van der Waals surface area contributed by atoms with Crippen molar-refractivity contribution in [3.8, 4) is 0 Å². The van der Waals surface area contributed by atoms with E-state index in [1.54, 1.807) is 7.11 Å². The second-order valence-corrected chi connectivity index (χ2v) is 3.24. The maximum absolute atomic E-state index is 5.12. The van der Waals surface area contributed by atoms with Crippen molar-refractivity contribution in [2.24, 2.45) is 5.92 Å². The third kappa shape index (κ3) is 2.80. The molecular formula is C9H18NO. The number of hydrogen-bond acceptors (Lipinski definition) is 2. The summed E-state index contributed by atoms with van der Waals surface area (Å²) in [6.45, 7) is 8.18. The molecule has 2 nitrogen and oxygen atoms in total. The van der Waals surface area contributed by atoms with Crippen molar-refractivity contribution in [3.05, 3.63) is 6.92 Å². The van der Waals surface area contributed by atoms with Crippen LogP contribution >= 0.6 is 0 Å². The summed E-state index contributed by atoms with van der Waals surface area (Å²) in [4.78, 5) is 2.40. The summed E-state index contributed by atoms with van der Waals surface area (Å²) in [5.74, 6) is 0.794. The second-order valence-electron chi connectivity index (χ2n) is 3.24. The van der Waals surface area contributed by atoms with Gasteiger partial charge in [0.25, 0.3) is 0 Å². The molecule has 2 heteroatoms. The number of methoxy groups -OCH3 is 1. The summed E-state index contributed by atoms with van der Waals surface area (Å²) >= 11 is 0. The fourth-order valence-electron chi connectivity index (χ4n) is 1.61. The minimum Gasteiger partial charge on any atom is -0.384 e. The van der Waals surface area contributed by atoms with Gasteiger partial charge in [-0.25, -0.2) is 0 Å². The van der Waals surface area contributed by atoms with Crippen molar-refractivity contribution in [3.63, 3.8) is 0 Å². The molecule has 1 saturated heterocycles. The molecule has 65 valence electrons. The van der Waals surface area contributed by atoms with E-state index < -0.39 is 0 Å². The van der Waals surface area contributed by atoms with Crippen LogP contribution in [0.3, 0.4) is 0 Å². The van der Waals surface area contributed by atoms with Crippen LogP contribution in [0.2, 0.25) is 0 Å². The highest BCUT2D eigenvalue weighted by atomic mass is 16.5. The number of nitrogens with zero attached hydrogens (tertiary/aromatic N) is 1. The molecule has 11 heavy (non-hydrogen) atoms. The Balaban J connectivity index is 2.14. The molecule has 0 aliphatic carbocycles. The van der Waals surface area contributed by atoms with Gasteiger partial charge >= 0.3 is 0 Å². The van der Waals surface area contributed by atoms with Gasteiger partial charge in [-0.05, 0) is 45.3 Å². The Morgan fingerprint density at radius 3 is 2.55 bits per heavy atom. The highest BCUT2D eigenvalue weighted by Crippen LogP contribution is 2.16. The summed E-state index contributed by atoms with van der Waals surface area (Å²) in [6.07, 6.45) is 2.56. The molecule has 1 rings (SSSR count). The largest absolute Gasteiger partial charge is 0.384 e. The van der Waals surface area contributed by atoms with Gasteiger partial charge in [0, 0.05) is 13.7 Å². The zero-order valence-corrected chi connectivity index (χ0v) is 7.38. The van der Waals surface area contributed by atoms with E-state index in [0.29, 0.717) is 0 Å². The molecule has 0 unspecified atom stereocenters. The van der Waals surface area contributed by atoms with Crippen LogP contribution in [0.5, 0.6) is 0 Å². The van der Waals surface area contributed by atoms with Crippen LogP contribution in [0.25, 0.3) is 0 Å². The third-order valence-electron chi connectivity index (χ3n) is 2.43. The van der Waals surface area contributed by atoms with Crippen molar-refractivity contribution in [1.29, 1.82) is 0 Å². The van der Waals surface area contributed by atoms with Crippen molar-refractivity contribution in [1.82, 2.24) is 4.90 Å². The van der Waals surface area contributed by atoms with Crippen LogP contribution in [0, 0.1) is 12.8 Å². The van der Waals surface area contributed by atoms with E-state index in [-0.39, 0.29) is 0 Å². The van der Waals surface area contributed by atoms with Gasteiger partial charge < -0.3 is 9.64 Å². The highest BCUT2D eigenvalue weighted by molar-refractivity contribution is 4.71. The van der Waals surface area contributed by atoms with Gasteiger partial charge in [-0.1, -0.05) is 0 Å². The quantitative estimate of drug-likeness (QED) is 0.608. The predicted octanol–water partition coefficient (Wildman–Crippen LogP) is 1.18. The summed E-state index contributed by atoms with van der Waals surface area (Å²) in [5, 5.41) is 0. The number of likely N-dealkylation sites (tertiary alicyclic amines) is 1. The SMILES string of the molecule is [CH2]CN1CCC(COC)CC1. The number of ether oxygens (including phenoxy) is 1. The number of rotatable bonds is 3. The Morgan fingerprint density at radius 2 is 2.09 bits per heavy atom. The molecule has 0 amide bonds. The van der Waals surface area contributed by atoms with E-state index in [0.717, 1.165) is 19.1 Å². The van der Waals surface area contributed by atoms with E-state index in [4.69, 9.17) is 4.74 Å². The first-order valence-corrected chi connectivity index (χ1v) is 4.37. The van der Waals surface area contributed by atoms with Gasteiger partial charge in [0.1, 0.15) is 0 Å². The molecule has 0 aromatic heterocycles. The summed E-state index contributed by atoms with van der Waals surface area (Å²) in [6, 6.07) is 0. The van der Waals surface area contributed by atoms with E-state index >= 15 is 0 Å². The Morgan fingerprint density at radius 1 is 1.45 bits per heavy atom. The fourth-order valence-corrected chi connectivity index (χ4v) is 1.61. The molecule has 0 bridgehead atoms. The first-order chi connectivity index (χ1) is 5.36.